The third kappa shape index (κ3) is 7.45. The summed E-state index contributed by atoms with van der Waals surface area (Å²) in [6.07, 6.45) is 22.3. The van der Waals surface area contributed by atoms with Gasteiger partial charge in [-0.3, -0.25) is 4.79 Å². The molecule has 2 aliphatic carbocycles. The standard InChI is InChI=1S/C39H51NO3/c1-42-35-19-20-37-33(27-35)28-38(32-17-15-30(16-18-32)26-29-10-5-2-3-6-11-29)39(41)40(34-21-24-43-25-22-34)23-9-14-36(37)31-12-7-4-8-13-31/h10,14-20,27,31,34,38H,2-9,11-13,21-26,28H2,1H3/b36-14-. The quantitative estimate of drug-likeness (QED) is 0.320. The van der Waals surface area contributed by atoms with Crippen molar-refractivity contribution in [3.05, 3.63) is 82.4 Å². The zero-order chi connectivity index (χ0) is 29.4. The predicted molar refractivity (Wildman–Crippen MR) is 175 cm³/mol. The molecule has 6 rings (SSSR count). The summed E-state index contributed by atoms with van der Waals surface area (Å²) in [4.78, 5) is 16.9. The van der Waals surface area contributed by atoms with Gasteiger partial charge in [0.2, 0.25) is 5.91 Å². The molecule has 0 aromatic heterocycles. The Balaban J connectivity index is 1.36. The molecular formula is C39H51NO3. The van der Waals surface area contributed by atoms with Gasteiger partial charge in [-0.15, -0.1) is 0 Å². The number of methoxy groups -OCH3 is 1. The van der Waals surface area contributed by atoms with Crippen LogP contribution in [-0.2, 0) is 22.4 Å². The van der Waals surface area contributed by atoms with Gasteiger partial charge in [0, 0.05) is 25.8 Å². The molecule has 2 heterocycles. The molecule has 2 aromatic rings. The van der Waals surface area contributed by atoms with Gasteiger partial charge in [-0.1, -0.05) is 73.7 Å². The molecule has 2 aliphatic heterocycles. The van der Waals surface area contributed by atoms with Gasteiger partial charge in [-0.2, -0.15) is 0 Å². The Morgan fingerprint density at radius 1 is 0.860 bits per heavy atom. The molecule has 0 bridgehead atoms. The number of benzene rings is 2. The molecule has 1 unspecified atom stereocenters. The van der Waals surface area contributed by atoms with E-state index in [0.717, 1.165) is 56.8 Å². The Labute approximate surface area is 259 Å². The normalized spacial score (nSPS) is 24.3. The minimum absolute atomic E-state index is 0.217. The highest BCUT2D eigenvalue weighted by atomic mass is 16.5. The maximum atomic E-state index is 14.7. The Morgan fingerprint density at radius 2 is 1.65 bits per heavy atom. The maximum absolute atomic E-state index is 14.7. The SMILES string of the molecule is COc1ccc2c(c1)CC(c1ccc(CC3=CCCCCC3)cc1)C(=O)N(C1CCOCC1)CC/C=C\2C1CCCCC1. The van der Waals surface area contributed by atoms with Crippen LogP contribution in [0.15, 0.2) is 60.2 Å². The molecule has 4 heteroatoms. The van der Waals surface area contributed by atoms with Crippen molar-refractivity contribution in [2.45, 2.75) is 108 Å². The summed E-state index contributed by atoms with van der Waals surface area (Å²) in [5, 5.41) is 0. The van der Waals surface area contributed by atoms with E-state index in [1.807, 2.05) is 0 Å². The Bertz CT molecular complexity index is 1280. The average Bonchev–Trinajstić information content (AvgIpc) is 3.33. The van der Waals surface area contributed by atoms with Gasteiger partial charge in [-0.25, -0.2) is 0 Å². The molecule has 0 spiro atoms. The van der Waals surface area contributed by atoms with Crippen LogP contribution in [0.2, 0.25) is 0 Å². The molecule has 1 saturated heterocycles. The lowest BCUT2D eigenvalue weighted by molar-refractivity contribution is -0.137. The summed E-state index contributed by atoms with van der Waals surface area (Å²) in [6, 6.07) is 15.9. The van der Waals surface area contributed by atoms with E-state index in [0.29, 0.717) is 12.3 Å². The number of carbonyl (C=O) groups is 1. The van der Waals surface area contributed by atoms with Crippen molar-refractivity contribution in [2.24, 2.45) is 5.92 Å². The zero-order valence-electron chi connectivity index (χ0n) is 26.3. The molecule has 4 aliphatic rings. The average molecular weight is 582 g/mol. The summed E-state index contributed by atoms with van der Waals surface area (Å²) in [5.41, 5.74) is 8.16. The molecular weight excluding hydrogens is 530 g/mol. The summed E-state index contributed by atoms with van der Waals surface area (Å²) in [5.74, 6) is 1.53. The van der Waals surface area contributed by atoms with Gasteiger partial charge >= 0.3 is 0 Å². The number of allylic oxidation sites excluding steroid dienone is 3. The van der Waals surface area contributed by atoms with Crippen molar-refractivity contribution >= 4 is 11.5 Å². The second kappa shape index (κ2) is 14.8. The number of rotatable bonds is 6. The Morgan fingerprint density at radius 3 is 2.44 bits per heavy atom. The molecule has 0 radical (unpaired) electrons. The second-order valence-electron chi connectivity index (χ2n) is 13.3. The van der Waals surface area contributed by atoms with Crippen LogP contribution in [-0.4, -0.2) is 43.7 Å². The largest absolute Gasteiger partial charge is 0.497 e. The van der Waals surface area contributed by atoms with E-state index < -0.39 is 0 Å². The van der Waals surface area contributed by atoms with Crippen molar-refractivity contribution in [1.29, 1.82) is 0 Å². The van der Waals surface area contributed by atoms with Gasteiger partial charge in [0.25, 0.3) is 0 Å². The fourth-order valence-corrected chi connectivity index (χ4v) is 8.03. The molecule has 230 valence electrons. The number of hydrogen-bond acceptors (Lipinski definition) is 3. The number of fused-ring (bicyclic) bond motifs is 1. The Hall–Kier alpha value is -2.85. The maximum Gasteiger partial charge on any atom is 0.230 e. The lowest BCUT2D eigenvalue weighted by atomic mass is 9.77. The molecule has 43 heavy (non-hydrogen) atoms. The third-order valence-electron chi connectivity index (χ3n) is 10.5. The summed E-state index contributed by atoms with van der Waals surface area (Å²) in [6.45, 7) is 2.27. The van der Waals surface area contributed by atoms with Crippen LogP contribution in [0, 0.1) is 5.92 Å². The number of carbonyl (C=O) groups excluding carboxylic acids is 1. The summed E-state index contributed by atoms with van der Waals surface area (Å²) >= 11 is 0. The first-order valence-electron chi connectivity index (χ1n) is 17.2. The van der Waals surface area contributed by atoms with E-state index in [1.165, 1.54) is 86.5 Å². The van der Waals surface area contributed by atoms with Crippen molar-refractivity contribution in [3.63, 3.8) is 0 Å². The molecule has 0 N–H and O–H groups in total. The molecule has 1 saturated carbocycles. The third-order valence-corrected chi connectivity index (χ3v) is 10.5. The van der Waals surface area contributed by atoms with E-state index in [9.17, 15) is 4.79 Å². The molecule has 1 atom stereocenters. The van der Waals surface area contributed by atoms with Gasteiger partial charge in [0.05, 0.1) is 13.0 Å². The van der Waals surface area contributed by atoms with Crippen LogP contribution in [0.5, 0.6) is 5.75 Å². The van der Waals surface area contributed by atoms with Crippen LogP contribution >= 0.6 is 0 Å². The monoisotopic (exact) mass is 581 g/mol. The lowest BCUT2D eigenvalue weighted by Crippen LogP contribution is -2.46. The Kier molecular flexibility index (Phi) is 10.4. The van der Waals surface area contributed by atoms with E-state index >= 15 is 0 Å². The first kappa shape index (κ1) is 30.2. The van der Waals surface area contributed by atoms with E-state index in [2.05, 4.69) is 59.5 Å². The predicted octanol–water partition coefficient (Wildman–Crippen LogP) is 8.83. The fraction of sp³-hybridized carbons (Fsp3) is 0.564. The van der Waals surface area contributed by atoms with Crippen molar-refractivity contribution in [2.75, 3.05) is 26.9 Å². The number of amides is 1. The molecule has 2 aromatic carbocycles. The van der Waals surface area contributed by atoms with Gasteiger partial charge in [0.15, 0.2) is 0 Å². The smallest absolute Gasteiger partial charge is 0.230 e. The highest BCUT2D eigenvalue weighted by Gasteiger charge is 2.34. The van der Waals surface area contributed by atoms with Gasteiger partial charge in [-0.05, 0) is 117 Å². The lowest BCUT2D eigenvalue weighted by Gasteiger charge is -2.38. The van der Waals surface area contributed by atoms with Gasteiger partial charge < -0.3 is 14.4 Å². The second-order valence-corrected chi connectivity index (χ2v) is 13.3. The number of ether oxygens (including phenoxy) is 2. The molecule has 2 fully saturated rings. The molecule has 1 amide bonds. The molecule has 4 nitrogen and oxygen atoms in total. The van der Waals surface area contributed by atoms with Crippen LogP contribution in [0.25, 0.3) is 5.57 Å². The zero-order valence-corrected chi connectivity index (χ0v) is 26.3. The summed E-state index contributed by atoms with van der Waals surface area (Å²) < 4.78 is 11.5. The number of hydrogen-bond donors (Lipinski definition) is 0. The first-order valence-corrected chi connectivity index (χ1v) is 17.2. The summed E-state index contributed by atoms with van der Waals surface area (Å²) in [7, 11) is 1.75. The number of nitrogens with zero attached hydrogens (tertiary/aromatic N) is 1. The fourth-order valence-electron chi connectivity index (χ4n) is 8.03. The van der Waals surface area contributed by atoms with Crippen LogP contribution in [0.1, 0.15) is 112 Å². The minimum atomic E-state index is -0.217. The van der Waals surface area contributed by atoms with Crippen molar-refractivity contribution < 1.29 is 14.3 Å². The van der Waals surface area contributed by atoms with E-state index in [1.54, 1.807) is 12.7 Å². The van der Waals surface area contributed by atoms with E-state index in [4.69, 9.17) is 9.47 Å². The topological polar surface area (TPSA) is 38.8 Å². The van der Waals surface area contributed by atoms with Crippen molar-refractivity contribution in [1.82, 2.24) is 4.90 Å². The van der Waals surface area contributed by atoms with Gasteiger partial charge in [0.1, 0.15) is 5.75 Å². The van der Waals surface area contributed by atoms with Crippen molar-refractivity contribution in [3.8, 4) is 5.75 Å². The first-order chi connectivity index (χ1) is 21.2. The highest BCUT2D eigenvalue weighted by molar-refractivity contribution is 5.85. The minimum Gasteiger partial charge on any atom is -0.497 e. The van der Waals surface area contributed by atoms with Crippen LogP contribution in [0.3, 0.4) is 0 Å². The van der Waals surface area contributed by atoms with Crippen LogP contribution in [0.4, 0.5) is 0 Å². The highest BCUT2D eigenvalue weighted by Crippen LogP contribution is 2.40. The van der Waals surface area contributed by atoms with E-state index in [-0.39, 0.29) is 17.9 Å². The van der Waals surface area contributed by atoms with Crippen LogP contribution < -0.4 is 4.74 Å².